The Bertz CT molecular complexity index is 1400. The summed E-state index contributed by atoms with van der Waals surface area (Å²) in [7, 11) is -4.25. The Morgan fingerprint density at radius 2 is 1.94 bits per heavy atom. The molecule has 0 fully saturated rings. The molecule has 14 heteroatoms. The summed E-state index contributed by atoms with van der Waals surface area (Å²) in [5, 5.41) is 10.5. The number of anilines is 1. The number of rotatable bonds is 5. The number of halogens is 4. The molecule has 3 aromatic heterocycles. The van der Waals surface area contributed by atoms with E-state index in [0.29, 0.717) is 26.5 Å². The van der Waals surface area contributed by atoms with Gasteiger partial charge in [-0.3, -0.25) is 4.79 Å². The highest BCUT2D eigenvalue weighted by Gasteiger charge is 2.26. The zero-order valence-corrected chi connectivity index (χ0v) is 18.6. The van der Waals surface area contributed by atoms with Crippen LogP contribution in [-0.4, -0.2) is 38.8 Å². The molecule has 0 saturated heterocycles. The van der Waals surface area contributed by atoms with E-state index >= 15 is 0 Å². The Labute approximate surface area is 190 Å². The fraction of sp³-hybridized carbons (Fsp3) is 0.158. The maximum atomic E-state index is 12.7. The summed E-state index contributed by atoms with van der Waals surface area (Å²) >= 11 is 5.57. The van der Waals surface area contributed by atoms with E-state index in [2.05, 4.69) is 20.5 Å². The normalized spacial score (nSPS) is 11.4. The van der Waals surface area contributed by atoms with Gasteiger partial charge in [0.05, 0.1) is 23.6 Å². The Kier molecular flexibility index (Phi) is 7.03. The maximum Gasteiger partial charge on any atom is 0.333 e. The van der Waals surface area contributed by atoms with Gasteiger partial charge in [0.15, 0.2) is 0 Å². The first-order chi connectivity index (χ1) is 15.6. The number of alkyl halides is 2. The third-order valence-corrected chi connectivity index (χ3v) is 6.52. The molecule has 0 aliphatic rings. The van der Waals surface area contributed by atoms with Gasteiger partial charge in [-0.15, -0.1) is 0 Å². The molecule has 9 nitrogen and oxygen atoms in total. The first-order valence-electron chi connectivity index (χ1n) is 9.10. The molecular weight excluding hydrogens is 485 g/mol. The van der Waals surface area contributed by atoms with Crippen molar-refractivity contribution in [2.45, 2.75) is 25.3 Å². The Morgan fingerprint density at radius 1 is 1.21 bits per heavy atom. The molecule has 1 aromatic carbocycles. The number of nitrogens with one attached hydrogen (secondary N) is 1. The van der Waals surface area contributed by atoms with E-state index in [4.69, 9.17) is 11.6 Å². The van der Waals surface area contributed by atoms with E-state index in [0.717, 1.165) is 6.20 Å². The lowest BCUT2D eigenvalue weighted by atomic mass is 10.2. The second-order valence-electron chi connectivity index (χ2n) is 6.57. The lowest BCUT2D eigenvalue weighted by molar-refractivity contribution is -0.105. The number of hydrogen-bond donors (Lipinski definition) is 1. The van der Waals surface area contributed by atoms with Crippen LogP contribution in [0, 0.1) is 19.7 Å². The van der Waals surface area contributed by atoms with Crippen molar-refractivity contribution >= 4 is 44.8 Å². The van der Waals surface area contributed by atoms with Crippen molar-refractivity contribution < 1.29 is 26.4 Å². The summed E-state index contributed by atoms with van der Waals surface area (Å²) in [4.78, 5) is 14.0. The number of carbonyl (C=O) groups is 1. The summed E-state index contributed by atoms with van der Waals surface area (Å²) in [6.45, 7) is -0.00891. The van der Waals surface area contributed by atoms with Crippen LogP contribution in [0.25, 0.3) is 10.9 Å². The van der Waals surface area contributed by atoms with E-state index in [1.54, 1.807) is 19.1 Å². The lowest BCUT2D eigenvalue weighted by Gasteiger charge is -2.05. The Morgan fingerprint density at radius 3 is 2.52 bits per heavy atom. The molecule has 0 aliphatic heterocycles. The standard InChI is InChI=1S/C12H10F2N6O3S.C7H6ClF/c1-7-10(5-19(18-7)12(13)14)24(22,23)20-9-2-11(16-6-21)15-3-8(9)4-17-20;1-5-6(8)3-2-4-7(5)9/h2-6,12H,1H3,(H,15,16,21);2-4H,1H3. The average molecular weight is 501 g/mol. The number of carbonyl (C=O) groups excluding carboxylic acids is 1. The van der Waals surface area contributed by atoms with Gasteiger partial charge in [0.25, 0.3) is 10.0 Å². The Hall–Kier alpha value is -3.45. The number of pyridine rings is 1. The molecule has 0 spiro atoms. The quantitative estimate of drug-likeness (QED) is 0.416. The summed E-state index contributed by atoms with van der Waals surface area (Å²) in [6, 6.07) is 5.95. The lowest BCUT2D eigenvalue weighted by Crippen LogP contribution is -2.15. The van der Waals surface area contributed by atoms with Gasteiger partial charge in [-0.2, -0.15) is 31.5 Å². The van der Waals surface area contributed by atoms with Gasteiger partial charge in [-0.1, -0.05) is 17.7 Å². The van der Waals surface area contributed by atoms with Gasteiger partial charge in [-0.05, 0) is 26.0 Å². The average Bonchev–Trinajstić information content (AvgIpc) is 3.37. The van der Waals surface area contributed by atoms with Crippen molar-refractivity contribution in [2.75, 3.05) is 5.32 Å². The topological polar surface area (TPSA) is 112 Å². The van der Waals surface area contributed by atoms with Crippen LogP contribution in [0.2, 0.25) is 5.02 Å². The molecule has 174 valence electrons. The van der Waals surface area contributed by atoms with Crippen molar-refractivity contribution in [3.05, 3.63) is 65.0 Å². The number of nitrogens with zero attached hydrogens (tertiary/aromatic N) is 5. The predicted octanol–water partition coefficient (Wildman–Crippen LogP) is 3.92. The van der Waals surface area contributed by atoms with E-state index in [9.17, 15) is 26.4 Å². The summed E-state index contributed by atoms with van der Waals surface area (Å²) in [5.41, 5.74) is 0.567. The highest BCUT2D eigenvalue weighted by atomic mass is 35.5. The van der Waals surface area contributed by atoms with Crippen LogP contribution in [-0.2, 0) is 14.8 Å². The first kappa shape index (κ1) is 24.2. The summed E-state index contributed by atoms with van der Waals surface area (Å²) in [5.74, 6) is -0.128. The van der Waals surface area contributed by atoms with Crippen LogP contribution in [0.3, 0.4) is 0 Å². The minimum Gasteiger partial charge on any atom is -0.313 e. The molecule has 1 amide bonds. The minimum absolute atomic E-state index is 0.0840. The fourth-order valence-electron chi connectivity index (χ4n) is 2.72. The second kappa shape index (κ2) is 9.58. The van der Waals surface area contributed by atoms with Crippen molar-refractivity contribution in [1.29, 1.82) is 0 Å². The van der Waals surface area contributed by atoms with E-state index in [1.165, 1.54) is 31.5 Å². The largest absolute Gasteiger partial charge is 0.333 e. The van der Waals surface area contributed by atoms with Crippen molar-refractivity contribution in [3.8, 4) is 0 Å². The van der Waals surface area contributed by atoms with Crippen molar-refractivity contribution in [3.63, 3.8) is 0 Å². The molecule has 0 radical (unpaired) electrons. The van der Waals surface area contributed by atoms with Crippen molar-refractivity contribution in [1.82, 2.24) is 24.0 Å². The minimum atomic E-state index is -4.25. The zero-order chi connectivity index (χ0) is 24.3. The van der Waals surface area contributed by atoms with Crippen molar-refractivity contribution in [2.24, 2.45) is 0 Å². The third kappa shape index (κ3) is 4.98. The van der Waals surface area contributed by atoms with Crippen LogP contribution in [0.4, 0.5) is 19.0 Å². The van der Waals surface area contributed by atoms with Crippen LogP contribution in [0.15, 0.2) is 47.8 Å². The predicted molar refractivity (Wildman–Crippen MR) is 114 cm³/mol. The molecule has 0 aliphatic carbocycles. The highest BCUT2D eigenvalue weighted by molar-refractivity contribution is 7.90. The van der Waals surface area contributed by atoms with Crippen LogP contribution >= 0.6 is 11.6 Å². The number of fused-ring (bicyclic) bond motifs is 1. The summed E-state index contributed by atoms with van der Waals surface area (Å²) < 4.78 is 64.3. The van der Waals surface area contributed by atoms with Crippen LogP contribution in [0.5, 0.6) is 0 Å². The number of aryl methyl sites for hydroxylation is 1. The molecule has 4 rings (SSSR count). The SMILES string of the molecule is Cc1c(F)cccc1Cl.Cc1nn(C(F)F)cc1S(=O)(=O)n1ncc2cnc(NC=O)cc21. The third-order valence-electron chi connectivity index (χ3n) is 4.41. The molecule has 0 saturated carbocycles. The number of amides is 1. The van der Waals surface area contributed by atoms with Gasteiger partial charge in [0, 0.05) is 28.2 Å². The van der Waals surface area contributed by atoms with Gasteiger partial charge < -0.3 is 5.32 Å². The zero-order valence-electron chi connectivity index (χ0n) is 17.1. The monoisotopic (exact) mass is 500 g/mol. The molecule has 1 N–H and O–H groups in total. The molecule has 0 unspecified atom stereocenters. The van der Waals surface area contributed by atoms with Gasteiger partial charge in [0.2, 0.25) is 6.41 Å². The molecule has 0 atom stereocenters. The Balaban J connectivity index is 0.000000286. The number of hydrogen-bond acceptors (Lipinski definition) is 6. The van der Waals surface area contributed by atoms with E-state index < -0.39 is 21.5 Å². The number of benzene rings is 1. The molecule has 3 heterocycles. The first-order valence-corrected chi connectivity index (χ1v) is 10.9. The number of aromatic nitrogens is 5. The van der Waals surface area contributed by atoms with Gasteiger partial charge >= 0.3 is 6.55 Å². The van der Waals surface area contributed by atoms with E-state index in [-0.39, 0.29) is 27.5 Å². The van der Waals surface area contributed by atoms with Gasteiger partial charge in [0.1, 0.15) is 16.5 Å². The fourth-order valence-corrected chi connectivity index (χ4v) is 4.31. The second-order valence-corrected chi connectivity index (χ2v) is 8.71. The molecular formula is C19H16ClF3N6O3S. The summed E-state index contributed by atoms with van der Waals surface area (Å²) in [6.07, 6.45) is 3.72. The van der Waals surface area contributed by atoms with Gasteiger partial charge in [-0.25, -0.2) is 14.1 Å². The van der Waals surface area contributed by atoms with Crippen LogP contribution in [0.1, 0.15) is 17.8 Å². The highest BCUT2D eigenvalue weighted by Crippen LogP contribution is 2.24. The van der Waals surface area contributed by atoms with Crippen LogP contribution < -0.4 is 5.32 Å². The maximum absolute atomic E-state index is 12.7. The van der Waals surface area contributed by atoms with E-state index in [1.807, 2.05) is 0 Å². The smallest absolute Gasteiger partial charge is 0.313 e. The molecule has 0 bridgehead atoms. The molecule has 33 heavy (non-hydrogen) atoms. The molecule has 4 aromatic rings.